The van der Waals surface area contributed by atoms with Crippen molar-refractivity contribution in [1.82, 2.24) is 4.90 Å². The van der Waals surface area contributed by atoms with Crippen molar-refractivity contribution in [1.29, 1.82) is 0 Å². The van der Waals surface area contributed by atoms with Crippen molar-refractivity contribution in [2.45, 2.75) is 13.0 Å². The molecule has 0 saturated carbocycles. The van der Waals surface area contributed by atoms with Crippen molar-refractivity contribution in [3.8, 4) is 0 Å². The van der Waals surface area contributed by atoms with Gasteiger partial charge in [0.25, 0.3) is 5.91 Å². The van der Waals surface area contributed by atoms with Gasteiger partial charge in [0.15, 0.2) is 0 Å². The van der Waals surface area contributed by atoms with Crippen LogP contribution in [0.2, 0.25) is 0 Å². The van der Waals surface area contributed by atoms with Crippen molar-refractivity contribution in [3.05, 3.63) is 29.3 Å². The van der Waals surface area contributed by atoms with Gasteiger partial charge in [-0.05, 0) is 24.6 Å². The Morgan fingerprint density at radius 2 is 2.22 bits per heavy atom. The van der Waals surface area contributed by atoms with Crippen LogP contribution in [0.4, 0.5) is 5.69 Å². The number of methoxy groups -OCH3 is 1. The molecule has 18 heavy (non-hydrogen) atoms. The van der Waals surface area contributed by atoms with E-state index in [1.807, 2.05) is 6.92 Å². The molecule has 1 aromatic carbocycles. The number of carbonyl (C=O) groups is 1. The summed E-state index contributed by atoms with van der Waals surface area (Å²) >= 11 is 0. The first-order chi connectivity index (χ1) is 8.47. The molecule has 0 heterocycles. The molecule has 1 rings (SSSR count). The van der Waals surface area contributed by atoms with Gasteiger partial charge in [-0.25, -0.2) is 0 Å². The fourth-order valence-electron chi connectivity index (χ4n) is 1.73. The summed E-state index contributed by atoms with van der Waals surface area (Å²) in [5.74, 6) is -0.157. The Morgan fingerprint density at radius 3 is 2.83 bits per heavy atom. The van der Waals surface area contributed by atoms with E-state index < -0.39 is 6.10 Å². The molecule has 100 valence electrons. The van der Waals surface area contributed by atoms with Gasteiger partial charge in [0.1, 0.15) is 0 Å². The van der Waals surface area contributed by atoms with Crippen molar-refractivity contribution < 1.29 is 14.6 Å². The molecule has 0 aromatic heterocycles. The quantitative estimate of drug-likeness (QED) is 0.755. The SMILES string of the molecule is COCC(O)CN(C)C(=O)c1cccc(N)c1C. The van der Waals surface area contributed by atoms with E-state index >= 15 is 0 Å². The summed E-state index contributed by atoms with van der Waals surface area (Å²) in [4.78, 5) is 13.6. The van der Waals surface area contributed by atoms with E-state index in [2.05, 4.69) is 0 Å². The number of rotatable bonds is 5. The standard InChI is InChI=1S/C13H20N2O3/c1-9-11(5-4-6-12(9)14)13(17)15(2)7-10(16)8-18-3/h4-6,10,16H,7-8,14H2,1-3H3. The highest BCUT2D eigenvalue weighted by atomic mass is 16.5. The predicted molar refractivity (Wildman–Crippen MR) is 70.4 cm³/mol. The smallest absolute Gasteiger partial charge is 0.254 e. The van der Waals surface area contributed by atoms with Crippen LogP contribution in [0.15, 0.2) is 18.2 Å². The summed E-state index contributed by atoms with van der Waals surface area (Å²) in [5.41, 5.74) is 7.67. The Morgan fingerprint density at radius 1 is 1.56 bits per heavy atom. The van der Waals surface area contributed by atoms with Crippen LogP contribution in [0, 0.1) is 6.92 Å². The lowest BCUT2D eigenvalue weighted by Crippen LogP contribution is -2.36. The number of likely N-dealkylation sites (N-methyl/N-ethyl adjacent to an activating group) is 1. The number of anilines is 1. The van der Waals surface area contributed by atoms with Crippen LogP contribution in [-0.2, 0) is 4.74 Å². The molecule has 5 heteroatoms. The van der Waals surface area contributed by atoms with Crippen molar-refractivity contribution >= 4 is 11.6 Å². The van der Waals surface area contributed by atoms with E-state index in [1.54, 1.807) is 25.2 Å². The lowest BCUT2D eigenvalue weighted by atomic mass is 10.1. The van der Waals surface area contributed by atoms with Gasteiger partial charge >= 0.3 is 0 Å². The Kier molecular flexibility index (Phi) is 5.12. The number of nitrogens with zero attached hydrogens (tertiary/aromatic N) is 1. The number of benzene rings is 1. The number of carbonyl (C=O) groups excluding carboxylic acids is 1. The van der Waals surface area contributed by atoms with E-state index in [9.17, 15) is 9.90 Å². The highest BCUT2D eigenvalue weighted by Crippen LogP contribution is 2.17. The molecule has 0 fully saturated rings. The molecule has 0 aliphatic rings. The predicted octanol–water partition coefficient (Wildman–Crippen LogP) is 0.657. The number of hydrogen-bond acceptors (Lipinski definition) is 4. The maximum absolute atomic E-state index is 12.2. The molecule has 0 spiro atoms. The van der Waals surface area contributed by atoms with Crippen LogP contribution in [0.25, 0.3) is 0 Å². The Balaban J connectivity index is 2.77. The second-order valence-electron chi connectivity index (χ2n) is 4.31. The molecule has 1 unspecified atom stereocenters. The molecule has 0 radical (unpaired) electrons. The zero-order valence-corrected chi connectivity index (χ0v) is 11.0. The summed E-state index contributed by atoms with van der Waals surface area (Å²) in [6.45, 7) is 2.23. The second kappa shape index (κ2) is 6.37. The topological polar surface area (TPSA) is 75.8 Å². The molecule has 0 aliphatic heterocycles. The van der Waals surface area contributed by atoms with Crippen molar-refractivity contribution in [2.75, 3.05) is 33.0 Å². The highest BCUT2D eigenvalue weighted by Gasteiger charge is 2.17. The van der Waals surface area contributed by atoms with E-state index in [-0.39, 0.29) is 19.1 Å². The third kappa shape index (κ3) is 3.45. The van der Waals surface area contributed by atoms with Crippen LogP contribution in [-0.4, -0.2) is 49.3 Å². The molecular formula is C13H20N2O3. The Labute approximate surface area is 107 Å². The average Bonchev–Trinajstić information content (AvgIpc) is 2.32. The fourth-order valence-corrected chi connectivity index (χ4v) is 1.73. The summed E-state index contributed by atoms with van der Waals surface area (Å²) < 4.78 is 4.82. The number of aliphatic hydroxyl groups is 1. The summed E-state index contributed by atoms with van der Waals surface area (Å²) in [5, 5.41) is 9.60. The third-order valence-corrected chi connectivity index (χ3v) is 2.80. The Bertz CT molecular complexity index is 421. The molecular weight excluding hydrogens is 232 g/mol. The summed E-state index contributed by atoms with van der Waals surface area (Å²) in [6, 6.07) is 5.23. The highest BCUT2D eigenvalue weighted by molar-refractivity contribution is 5.96. The number of nitrogens with two attached hydrogens (primary N) is 1. The molecule has 5 nitrogen and oxygen atoms in total. The van der Waals surface area contributed by atoms with Gasteiger partial charge in [-0.3, -0.25) is 4.79 Å². The minimum Gasteiger partial charge on any atom is -0.398 e. The summed E-state index contributed by atoms with van der Waals surface area (Å²) in [7, 11) is 3.15. The number of amides is 1. The van der Waals surface area contributed by atoms with Crippen LogP contribution in [0.1, 0.15) is 15.9 Å². The molecule has 1 amide bonds. The molecule has 0 bridgehead atoms. The zero-order chi connectivity index (χ0) is 13.7. The van der Waals surface area contributed by atoms with Crippen LogP contribution >= 0.6 is 0 Å². The second-order valence-corrected chi connectivity index (χ2v) is 4.31. The fraction of sp³-hybridized carbons (Fsp3) is 0.462. The maximum Gasteiger partial charge on any atom is 0.254 e. The molecule has 0 aliphatic carbocycles. The van der Waals surface area contributed by atoms with E-state index in [0.717, 1.165) is 5.56 Å². The minimum atomic E-state index is -0.690. The first-order valence-corrected chi connectivity index (χ1v) is 5.75. The van der Waals surface area contributed by atoms with Crippen LogP contribution in [0.3, 0.4) is 0 Å². The lowest BCUT2D eigenvalue weighted by Gasteiger charge is -2.21. The van der Waals surface area contributed by atoms with Crippen LogP contribution < -0.4 is 5.73 Å². The largest absolute Gasteiger partial charge is 0.398 e. The Hall–Kier alpha value is -1.59. The van der Waals surface area contributed by atoms with Gasteiger partial charge < -0.3 is 20.5 Å². The number of hydrogen-bond donors (Lipinski definition) is 2. The maximum atomic E-state index is 12.2. The van der Waals surface area contributed by atoms with Gasteiger partial charge in [-0.15, -0.1) is 0 Å². The third-order valence-electron chi connectivity index (χ3n) is 2.80. The van der Waals surface area contributed by atoms with Gasteiger partial charge in [-0.2, -0.15) is 0 Å². The number of ether oxygens (including phenoxy) is 1. The molecule has 1 atom stereocenters. The first-order valence-electron chi connectivity index (χ1n) is 5.75. The minimum absolute atomic E-state index is 0.157. The van der Waals surface area contributed by atoms with Crippen LogP contribution in [0.5, 0.6) is 0 Å². The molecule has 0 saturated heterocycles. The number of nitrogen functional groups attached to an aromatic ring is 1. The molecule has 3 N–H and O–H groups in total. The van der Waals surface area contributed by atoms with E-state index in [4.69, 9.17) is 10.5 Å². The zero-order valence-electron chi connectivity index (χ0n) is 11.0. The average molecular weight is 252 g/mol. The van der Waals surface area contributed by atoms with E-state index in [0.29, 0.717) is 11.3 Å². The monoisotopic (exact) mass is 252 g/mol. The molecule has 1 aromatic rings. The van der Waals surface area contributed by atoms with E-state index in [1.165, 1.54) is 12.0 Å². The normalized spacial score (nSPS) is 12.2. The van der Waals surface area contributed by atoms with Gasteiger partial charge in [0.05, 0.1) is 12.7 Å². The first kappa shape index (κ1) is 14.5. The van der Waals surface area contributed by atoms with Gasteiger partial charge in [0, 0.05) is 32.0 Å². The van der Waals surface area contributed by atoms with Crippen molar-refractivity contribution in [3.63, 3.8) is 0 Å². The van der Waals surface area contributed by atoms with Gasteiger partial charge in [-0.1, -0.05) is 6.07 Å². The number of aliphatic hydroxyl groups excluding tert-OH is 1. The lowest BCUT2D eigenvalue weighted by molar-refractivity contribution is 0.0380. The van der Waals surface area contributed by atoms with Crippen molar-refractivity contribution in [2.24, 2.45) is 0 Å². The van der Waals surface area contributed by atoms with Gasteiger partial charge in [0.2, 0.25) is 0 Å². The summed E-state index contributed by atoms with van der Waals surface area (Å²) in [6.07, 6.45) is -0.690.